The highest BCUT2D eigenvalue weighted by atomic mass is 32.2. The number of benzene rings is 3. The summed E-state index contributed by atoms with van der Waals surface area (Å²) in [6.07, 6.45) is 2.08. The summed E-state index contributed by atoms with van der Waals surface area (Å²) in [6, 6.07) is 26.2. The lowest BCUT2D eigenvalue weighted by molar-refractivity contribution is 1.00. The molecule has 1 heteroatoms. The van der Waals surface area contributed by atoms with Crippen LogP contribution >= 0.6 is 11.8 Å². The van der Waals surface area contributed by atoms with E-state index in [1.165, 1.54) is 32.0 Å². The summed E-state index contributed by atoms with van der Waals surface area (Å²) in [6.45, 7) is 0. The van der Waals surface area contributed by atoms with Gasteiger partial charge in [0.15, 0.2) is 0 Å². The van der Waals surface area contributed by atoms with Gasteiger partial charge in [-0.05, 0) is 47.2 Å². The van der Waals surface area contributed by atoms with Crippen molar-refractivity contribution in [2.45, 2.75) is 22.6 Å². The van der Waals surface area contributed by atoms with Gasteiger partial charge >= 0.3 is 0 Å². The fraction of sp³-hybridized carbons (Fsp3) is 0.100. The molecule has 0 amide bonds. The number of hydrogen-bond acceptors (Lipinski definition) is 1. The molecule has 0 spiro atoms. The highest BCUT2D eigenvalue weighted by Gasteiger charge is 2.18. The average Bonchev–Trinajstić information content (AvgIpc) is 2.54. The molecule has 0 aromatic heterocycles. The molecule has 3 aromatic rings. The van der Waals surface area contributed by atoms with E-state index in [2.05, 4.69) is 72.8 Å². The third-order valence-electron chi connectivity index (χ3n) is 4.03. The molecule has 0 radical (unpaired) electrons. The highest BCUT2D eigenvalue weighted by Crippen LogP contribution is 2.40. The van der Waals surface area contributed by atoms with Gasteiger partial charge in [-0.25, -0.2) is 0 Å². The molecular formula is C20H16S. The summed E-state index contributed by atoms with van der Waals surface area (Å²) in [5.41, 5.74) is 5.80. The molecule has 1 heterocycles. The molecule has 102 valence electrons. The van der Waals surface area contributed by atoms with Crippen LogP contribution in [0.25, 0.3) is 0 Å². The lowest BCUT2D eigenvalue weighted by atomic mass is 9.95. The van der Waals surface area contributed by atoms with E-state index in [0.29, 0.717) is 0 Å². The van der Waals surface area contributed by atoms with E-state index in [-0.39, 0.29) is 0 Å². The van der Waals surface area contributed by atoms with Crippen LogP contribution < -0.4 is 0 Å². The molecule has 1 aliphatic heterocycles. The van der Waals surface area contributed by atoms with Crippen LogP contribution in [0.15, 0.2) is 82.6 Å². The Morgan fingerprint density at radius 3 is 2.38 bits per heavy atom. The molecule has 0 unspecified atom stereocenters. The van der Waals surface area contributed by atoms with Crippen molar-refractivity contribution in [3.05, 3.63) is 95.1 Å². The van der Waals surface area contributed by atoms with Crippen molar-refractivity contribution in [1.29, 1.82) is 0 Å². The summed E-state index contributed by atoms with van der Waals surface area (Å²) in [5.74, 6) is 0. The Kier molecular flexibility index (Phi) is 3.28. The third kappa shape index (κ3) is 2.50. The van der Waals surface area contributed by atoms with E-state index < -0.39 is 0 Å². The van der Waals surface area contributed by atoms with Crippen molar-refractivity contribution >= 4 is 11.8 Å². The van der Waals surface area contributed by atoms with Crippen molar-refractivity contribution in [3.8, 4) is 0 Å². The van der Waals surface area contributed by atoms with Gasteiger partial charge in [-0.3, -0.25) is 0 Å². The number of hydrogen-bond donors (Lipinski definition) is 0. The molecule has 0 bridgehead atoms. The smallest absolute Gasteiger partial charge is 0.0160 e. The van der Waals surface area contributed by atoms with Crippen LogP contribution in [0.5, 0.6) is 0 Å². The molecule has 3 aromatic carbocycles. The largest absolute Gasteiger partial charge is 0.0895 e. The average molecular weight is 288 g/mol. The first-order valence-electron chi connectivity index (χ1n) is 7.30. The first-order chi connectivity index (χ1) is 10.4. The van der Waals surface area contributed by atoms with Crippen molar-refractivity contribution in [1.82, 2.24) is 0 Å². The van der Waals surface area contributed by atoms with Gasteiger partial charge in [-0.1, -0.05) is 72.4 Å². The van der Waals surface area contributed by atoms with E-state index in [1.807, 2.05) is 11.8 Å². The summed E-state index contributed by atoms with van der Waals surface area (Å²) < 4.78 is 0. The van der Waals surface area contributed by atoms with Gasteiger partial charge < -0.3 is 0 Å². The summed E-state index contributed by atoms with van der Waals surface area (Å²) in [5, 5.41) is 0. The maximum atomic E-state index is 2.28. The second-order valence-electron chi connectivity index (χ2n) is 5.44. The first-order valence-corrected chi connectivity index (χ1v) is 8.12. The van der Waals surface area contributed by atoms with E-state index >= 15 is 0 Å². The van der Waals surface area contributed by atoms with Gasteiger partial charge in [0.25, 0.3) is 0 Å². The Hall–Kier alpha value is -1.99. The highest BCUT2D eigenvalue weighted by molar-refractivity contribution is 7.99. The minimum absolute atomic E-state index is 1.02. The maximum absolute atomic E-state index is 2.28. The van der Waals surface area contributed by atoms with E-state index in [9.17, 15) is 0 Å². The minimum Gasteiger partial charge on any atom is -0.0895 e. The van der Waals surface area contributed by atoms with Gasteiger partial charge in [0, 0.05) is 9.79 Å². The number of fused-ring (bicyclic) bond motifs is 2. The molecule has 0 nitrogen and oxygen atoms in total. The van der Waals surface area contributed by atoms with Crippen LogP contribution in [-0.2, 0) is 12.8 Å². The van der Waals surface area contributed by atoms with E-state index in [4.69, 9.17) is 0 Å². The monoisotopic (exact) mass is 288 g/mol. The van der Waals surface area contributed by atoms with Crippen LogP contribution in [-0.4, -0.2) is 0 Å². The maximum Gasteiger partial charge on any atom is 0.0160 e. The van der Waals surface area contributed by atoms with Crippen LogP contribution in [0, 0.1) is 0 Å². The molecule has 0 saturated heterocycles. The van der Waals surface area contributed by atoms with Crippen molar-refractivity contribution in [3.63, 3.8) is 0 Å². The Morgan fingerprint density at radius 1 is 0.714 bits per heavy atom. The molecule has 21 heavy (non-hydrogen) atoms. The Morgan fingerprint density at radius 2 is 1.48 bits per heavy atom. The van der Waals surface area contributed by atoms with Crippen molar-refractivity contribution in [2.75, 3.05) is 0 Å². The van der Waals surface area contributed by atoms with Crippen molar-refractivity contribution < 1.29 is 0 Å². The first kappa shape index (κ1) is 12.7. The second-order valence-corrected chi connectivity index (χ2v) is 6.53. The predicted octanol–water partition coefficient (Wildman–Crippen LogP) is 5.33. The summed E-state index contributed by atoms with van der Waals surface area (Å²) in [7, 11) is 0. The standard InChI is InChI=1S/C20H16S/c1-2-7-15(8-3-1)13-16-10-6-12-20-18(16)14-17-9-4-5-11-19(17)21-20/h1-12H,13-14H2. The van der Waals surface area contributed by atoms with Gasteiger partial charge in [0.2, 0.25) is 0 Å². The van der Waals surface area contributed by atoms with Crippen molar-refractivity contribution in [2.24, 2.45) is 0 Å². The van der Waals surface area contributed by atoms with Crippen LogP contribution in [0.1, 0.15) is 22.3 Å². The molecule has 0 atom stereocenters. The quantitative estimate of drug-likeness (QED) is 0.480. The van der Waals surface area contributed by atoms with Crippen LogP contribution in [0.2, 0.25) is 0 Å². The lowest BCUT2D eigenvalue weighted by Gasteiger charge is -2.21. The fourth-order valence-electron chi connectivity index (χ4n) is 2.95. The van der Waals surface area contributed by atoms with Gasteiger partial charge in [0.05, 0.1) is 0 Å². The molecule has 0 aliphatic carbocycles. The molecule has 1 aliphatic rings. The molecule has 4 rings (SSSR count). The Balaban J connectivity index is 1.73. The lowest BCUT2D eigenvalue weighted by Crippen LogP contribution is -2.04. The minimum atomic E-state index is 1.02. The molecule has 0 fully saturated rings. The van der Waals surface area contributed by atoms with Gasteiger partial charge in [-0.2, -0.15) is 0 Å². The predicted molar refractivity (Wildman–Crippen MR) is 89.1 cm³/mol. The Bertz CT molecular complexity index is 775. The number of rotatable bonds is 2. The van der Waals surface area contributed by atoms with E-state index in [0.717, 1.165) is 12.8 Å². The summed E-state index contributed by atoms with van der Waals surface area (Å²) >= 11 is 1.91. The van der Waals surface area contributed by atoms with Gasteiger partial charge in [0.1, 0.15) is 0 Å². The molecular weight excluding hydrogens is 272 g/mol. The SMILES string of the molecule is c1ccc(Cc2cccc3c2Cc2ccccc2S3)cc1. The normalized spacial score (nSPS) is 12.6. The van der Waals surface area contributed by atoms with Crippen LogP contribution in [0.3, 0.4) is 0 Å². The fourth-order valence-corrected chi connectivity index (χ4v) is 4.08. The molecule has 0 saturated carbocycles. The van der Waals surface area contributed by atoms with E-state index in [1.54, 1.807) is 0 Å². The third-order valence-corrected chi connectivity index (χ3v) is 5.25. The zero-order valence-electron chi connectivity index (χ0n) is 11.8. The molecule has 0 N–H and O–H groups in total. The Labute approximate surface area is 129 Å². The van der Waals surface area contributed by atoms with Crippen LogP contribution in [0.4, 0.5) is 0 Å². The summed E-state index contributed by atoms with van der Waals surface area (Å²) in [4.78, 5) is 2.82. The second kappa shape index (κ2) is 5.42. The zero-order chi connectivity index (χ0) is 14.1. The van der Waals surface area contributed by atoms with Gasteiger partial charge in [-0.15, -0.1) is 0 Å². The topological polar surface area (TPSA) is 0 Å². The zero-order valence-corrected chi connectivity index (χ0v) is 12.6.